The number of ether oxygens (including phenoxy) is 1. The molecule has 26 heavy (non-hydrogen) atoms. The Bertz CT molecular complexity index is 783. The molecule has 1 aromatic rings. The van der Waals surface area contributed by atoms with E-state index in [4.69, 9.17) is 17.0 Å². The van der Waals surface area contributed by atoms with Gasteiger partial charge in [-0.3, -0.25) is 19.4 Å². The molecule has 0 saturated carbocycles. The highest BCUT2D eigenvalue weighted by Gasteiger charge is 2.39. The van der Waals surface area contributed by atoms with Crippen molar-refractivity contribution in [3.63, 3.8) is 0 Å². The maximum Gasteiger partial charge on any atom is 0.269 e. The molecular formula is C20H24N2O3S. The molecule has 0 aliphatic carbocycles. The summed E-state index contributed by atoms with van der Waals surface area (Å²) in [5, 5.41) is 0.177. The van der Waals surface area contributed by atoms with Crippen LogP contribution in [0.1, 0.15) is 39.2 Å². The summed E-state index contributed by atoms with van der Waals surface area (Å²) in [7, 11) is 3.09. The first-order valence-corrected chi connectivity index (χ1v) is 9.04. The summed E-state index contributed by atoms with van der Waals surface area (Å²) in [6, 6.07) is 7.49. The third-order valence-corrected chi connectivity index (χ3v) is 4.78. The van der Waals surface area contributed by atoms with Crippen molar-refractivity contribution in [3.8, 4) is 5.75 Å². The van der Waals surface area contributed by atoms with Crippen molar-refractivity contribution >= 4 is 34.7 Å². The van der Waals surface area contributed by atoms with Gasteiger partial charge in [0.15, 0.2) is 5.11 Å². The molecule has 0 unspecified atom stereocenters. The van der Waals surface area contributed by atoms with Gasteiger partial charge in [0, 0.05) is 19.7 Å². The van der Waals surface area contributed by atoms with Crippen LogP contribution in [0.3, 0.4) is 0 Å². The van der Waals surface area contributed by atoms with Crippen LogP contribution in [0.5, 0.6) is 5.75 Å². The molecule has 5 nitrogen and oxygen atoms in total. The molecule has 0 radical (unpaired) electrons. The molecule has 2 aliphatic rings. The number of thiocarbonyl (C=S) groups is 1. The van der Waals surface area contributed by atoms with E-state index in [0.717, 1.165) is 11.1 Å². The van der Waals surface area contributed by atoms with Gasteiger partial charge in [0.2, 0.25) is 0 Å². The number of carbonyl (C=O) groups is 2. The molecule has 1 saturated heterocycles. The lowest BCUT2D eigenvalue weighted by atomic mass is 10.0. The summed E-state index contributed by atoms with van der Waals surface area (Å²) in [5.74, 6) is -0.0190. The molecule has 0 bridgehead atoms. The highest BCUT2D eigenvalue weighted by Crippen LogP contribution is 2.34. The molecule has 0 atom stereocenters. The number of unbranched alkanes of at least 4 members (excludes halogenated alkanes) is 1. The van der Waals surface area contributed by atoms with Gasteiger partial charge in [-0.2, -0.15) is 0 Å². The number of amides is 2. The second kappa shape index (κ2) is 8.27. The van der Waals surface area contributed by atoms with Crippen LogP contribution in [0.4, 0.5) is 0 Å². The third kappa shape index (κ3) is 3.70. The SMILES string of the molecule is CC1=CC(=C2C(=O)N(C)C(=S)N(C)C2=O)Oc2ccccc21.CCCC. The largest absolute Gasteiger partial charge is 0.456 e. The Morgan fingerprint density at radius 2 is 1.54 bits per heavy atom. The van der Waals surface area contributed by atoms with Crippen molar-refractivity contribution in [3.05, 3.63) is 47.2 Å². The summed E-state index contributed by atoms with van der Waals surface area (Å²) in [5.41, 5.74) is 1.87. The monoisotopic (exact) mass is 372 g/mol. The minimum absolute atomic E-state index is 0.00699. The molecule has 6 heteroatoms. The highest BCUT2D eigenvalue weighted by atomic mass is 32.1. The van der Waals surface area contributed by atoms with E-state index in [1.54, 1.807) is 20.2 Å². The number of likely N-dealkylation sites (N-methyl/N-ethyl adjacent to an activating group) is 2. The molecular weight excluding hydrogens is 348 g/mol. The summed E-state index contributed by atoms with van der Waals surface area (Å²) in [6.07, 6.45) is 4.35. The van der Waals surface area contributed by atoms with Crippen LogP contribution in [0.2, 0.25) is 0 Å². The van der Waals surface area contributed by atoms with Gasteiger partial charge in [-0.25, -0.2) is 0 Å². The minimum Gasteiger partial charge on any atom is -0.456 e. The zero-order chi connectivity index (χ0) is 19.4. The van der Waals surface area contributed by atoms with Crippen molar-refractivity contribution in [2.75, 3.05) is 14.1 Å². The molecule has 3 rings (SSSR count). The van der Waals surface area contributed by atoms with E-state index in [0.29, 0.717) is 5.75 Å². The summed E-state index contributed by atoms with van der Waals surface area (Å²) in [4.78, 5) is 27.4. The number of hydrogen-bond acceptors (Lipinski definition) is 4. The first-order chi connectivity index (χ1) is 12.3. The van der Waals surface area contributed by atoms with Crippen molar-refractivity contribution < 1.29 is 14.3 Å². The lowest BCUT2D eigenvalue weighted by molar-refractivity contribution is -0.132. The van der Waals surface area contributed by atoms with E-state index in [-0.39, 0.29) is 16.4 Å². The van der Waals surface area contributed by atoms with E-state index in [1.807, 2.05) is 31.2 Å². The average Bonchev–Trinajstić information content (AvgIpc) is 2.65. The number of benzene rings is 1. The maximum atomic E-state index is 12.4. The van der Waals surface area contributed by atoms with Gasteiger partial charge in [0.05, 0.1) is 0 Å². The van der Waals surface area contributed by atoms with E-state index < -0.39 is 11.8 Å². The Hall–Kier alpha value is -2.47. The molecule has 1 fully saturated rings. The Balaban J connectivity index is 0.000000552. The third-order valence-electron chi connectivity index (χ3n) is 4.24. The van der Waals surface area contributed by atoms with Gasteiger partial charge in [-0.05, 0) is 36.9 Å². The van der Waals surface area contributed by atoms with Crippen molar-refractivity contribution in [2.24, 2.45) is 0 Å². The first-order valence-electron chi connectivity index (χ1n) is 8.63. The highest BCUT2D eigenvalue weighted by molar-refractivity contribution is 7.80. The predicted molar refractivity (Wildman–Crippen MR) is 106 cm³/mol. The number of nitrogens with zero attached hydrogens (tertiary/aromatic N) is 2. The maximum absolute atomic E-state index is 12.4. The summed E-state index contributed by atoms with van der Waals surface area (Å²) in [6.45, 7) is 6.28. The van der Waals surface area contributed by atoms with Crippen LogP contribution in [-0.4, -0.2) is 40.8 Å². The van der Waals surface area contributed by atoms with E-state index in [1.165, 1.54) is 22.6 Å². The lowest BCUT2D eigenvalue weighted by Crippen LogP contribution is -2.53. The van der Waals surface area contributed by atoms with E-state index in [2.05, 4.69) is 13.8 Å². The molecule has 1 aromatic carbocycles. The Morgan fingerprint density at radius 1 is 1.00 bits per heavy atom. The van der Waals surface area contributed by atoms with Gasteiger partial charge in [0.1, 0.15) is 17.1 Å². The van der Waals surface area contributed by atoms with Crippen LogP contribution in [0, 0.1) is 0 Å². The molecule has 0 N–H and O–H groups in total. The van der Waals surface area contributed by atoms with Crippen molar-refractivity contribution in [2.45, 2.75) is 33.6 Å². The summed E-state index contributed by atoms with van der Waals surface area (Å²) >= 11 is 5.08. The lowest BCUT2D eigenvalue weighted by Gasteiger charge is -2.33. The molecule has 0 aromatic heterocycles. The number of para-hydroxylation sites is 1. The second-order valence-electron chi connectivity index (χ2n) is 6.18. The Labute approximate surface area is 159 Å². The topological polar surface area (TPSA) is 49.9 Å². The van der Waals surface area contributed by atoms with Gasteiger partial charge in [-0.1, -0.05) is 44.9 Å². The average molecular weight is 372 g/mol. The number of carbonyl (C=O) groups excluding carboxylic acids is 2. The number of hydrogen-bond donors (Lipinski definition) is 0. The fourth-order valence-corrected chi connectivity index (χ4v) is 2.63. The number of allylic oxidation sites excluding steroid dienone is 2. The quantitative estimate of drug-likeness (QED) is 0.428. The minimum atomic E-state index is -0.452. The van der Waals surface area contributed by atoms with Crippen molar-refractivity contribution in [1.82, 2.24) is 9.80 Å². The van der Waals surface area contributed by atoms with Crippen LogP contribution in [0.15, 0.2) is 41.7 Å². The smallest absolute Gasteiger partial charge is 0.269 e. The van der Waals surface area contributed by atoms with Crippen LogP contribution in [-0.2, 0) is 9.59 Å². The Kier molecular flexibility index (Phi) is 6.32. The molecule has 2 aliphatic heterocycles. The molecule has 2 heterocycles. The van der Waals surface area contributed by atoms with Crippen LogP contribution < -0.4 is 4.74 Å². The predicted octanol–water partition coefficient (Wildman–Crippen LogP) is 3.76. The second-order valence-corrected chi connectivity index (χ2v) is 6.54. The van der Waals surface area contributed by atoms with Crippen molar-refractivity contribution in [1.29, 1.82) is 0 Å². The molecule has 0 spiro atoms. The van der Waals surface area contributed by atoms with Gasteiger partial charge < -0.3 is 4.74 Å². The molecule has 138 valence electrons. The Morgan fingerprint density at radius 3 is 2.08 bits per heavy atom. The first kappa shape index (κ1) is 19.8. The fraction of sp³-hybridized carbons (Fsp3) is 0.350. The zero-order valence-corrected chi connectivity index (χ0v) is 16.6. The van der Waals surface area contributed by atoms with Gasteiger partial charge in [-0.15, -0.1) is 0 Å². The molecule has 2 amide bonds. The van der Waals surface area contributed by atoms with Crippen LogP contribution >= 0.6 is 12.2 Å². The van der Waals surface area contributed by atoms with Gasteiger partial charge >= 0.3 is 0 Å². The normalized spacial score (nSPS) is 16.7. The van der Waals surface area contributed by atoms with Gasteiger partial charge in [0.25, 0.3) is 11.8 Å². The fourth-order valence-electron chi connectivity index (χ4n) is 2.46. The zero-order valence-electron chi connectivity index (χ0n) is 15.8. The van der Waals surface area contributed by atoms with Crippen LogP contribution in [0.25, 0.3) is 5.57 Å². The van der Waals surface area contributed by atoms with E-state index >= 15 is 0 Å². The summed E-state index contributed by atoms with van der Waals surface area (Å²) < 4.78 is 5.78. The number of fused-ring (bicyclic) bond motifs is 1. The standard InChI is InChI=1S/C16H14N2O3S.C4H10/c1-9-8-12(21-11-7-5-4-6-10(9)11)13-14(19)17(2)16(22)18(3)15(13)20;1-3-4-2/h4-8H,1-3H3;3-4H2,1-2H3. The number of rotatable bonds is 1. The van der Waals surface area contributed by atoms with E-state index in [9.17, 15) is 9.59 Å².